The van der Waals surface area contributed by atoms with Crippen LogP contribution in [0, 0.1) is 6.92 Å². The number of para-hydroxylation sites is 1. The number of amides is 2. The van der Waals surface area contributed by atoms with Gasteiger partial charge < -0.3 is 19.8 Å². The minimum absolute atomic E-state index is 0.128. The summed E-state index contributed by atoms with van der Waals surface area (Å²) in [7, 11) is 0. The largest absolute Gasteiger partial charge is 0.493 e. The zero-order valence-electron chi connectivity index (χ0n) is 19.1. The van der Waals surface area contributed by atoms with Gasteiger partial charge in [0, 0.05) is 18.2 Å². The van der Waals surface area contributed by atoms with Gasteiger partial charge in [0.25, 0.3) is 11.8 Å². The predicted molar refractivity (Wildman–Crippen MR) is 129 cm³/mol. The van der Waals surface area contributed by atoms with Crippen molar-refractivity contribution in [2.75, 3.05) is 13.2 Å². The Morgan fingerprint density at radius 1 is 1.06 bits per heavy atom. The van der Waals surface area contributed by atoms with Crippen LogP contribution in [0.5, 0.6) is 5.75 Å². The SMILES string of the molecule is CCCOc1ccccc1CCCNC(=O)/C(=C/c1ccco1)NC(=O)c1cccc(C)c1. The van der Waals surface area contributed by atoms with Gasteiger partial charge in [-0.2, -0.15) is 0 Å². The fraction of sp³-hybridized carbons (Fsp3) is 0.259. The first-order chi connectivity index (χ1) is 16.1. The second kappa shape index (κ2) is 12.3. The lowest BCUT2D eigenvalue weighted by Gasteiger charge is -2.12. The van der Waals surface area contributed by atoms with Crippen LogP contribution in [0.3, 0.4) is 0 Å². The Hall–Kier alpha value is -3.80. The average molecular weight is 447 g/mol. The first kappa shape index (κ1) is 23.9. The fourth-order valence-electron chi connectivity index (χ4n) is 3.29. The highest BCUT2D eigenvalue weighted by Gasteiger charge is 2.15. The zero-order chi connectivity index (χ0) is 23.5. The molecule has 0 saturated carbocycles. The molecular formula is C27H30N2O4. The van der Waals surface area contributed by atoms with E-state index >= 15 is 0 Å². The van der Waals surface area contributed by atoms with Gasteiger partial charge in [-0.25, -0.2) is 0 Å². The topological polar surface area (TPSA) is 80.6 Å². The van der Waals surface area contributed by atoms with Crippen molar-refractivity contribution in [1.29, 1.82) is 0 Å². The number of nitrogens with one attached hydrogen (secondary N) is 2. The third kappa shape index (κ3) is 7.38. The maximum absolute atomic E-state index is 12.9. The highest BCUT2D eigenvalue weighted by Crippen LogP contribution is 2.19. The van der Waals surface area contributed by atoms with Crippen LogP contribution in [0.2, 0.25) is 0 Å². The van der Waals surface area contributed by atoms with E-state index in [2.05, 4.69) is 17.6 Å². The summed E-state index contributed by atoms with van der Waals surface area (Å²) < 4.78 is 11.1. The van der Waals surface area contributed by atoms with Gasteiger partial charge >= 0.3 is 0 Å². The molecule has 0 radical (unpaired) electrons. The van der Waals surface area contributed by atoms with E-state index in [-0.39, 0.29) is 17.5 Å². The summed E-state index contributed by atoms with van der Waals surface area (Å²) in [6.45, 7) is 5.12. The van der Waals surface area contributed by atoms with Gasteiger partial charge in [-0.3, -0.25) is 9.59 Å². The summed E-state index contributed by atoms with van der Waals surface area (Å²) >= 11 is 0. The van der Waals surface area contributed by atoms with Gasteiger partial charge in [-0.1, -0.05) is 42.8 Å². The molecule has 0 aliphatic rings. The molecule has 1 aromatic heterocycles. The molecule has 33 heavy (non-hydrogen) atoms. The molecule has 0 spiro atoms. The molecule has 3 aromatic rings. The molecular weight excluding hydrogens is 416 g/mol. The van der Waals surface area contributed by atoms with Gasteiger partial charge in [0.15, 0.2) is 0 Å². The van der Waals surface area contributed by atoms with E-state index in [0.29, 0.717) is 24.5 Å². The van der Waals surface area contributed by atoms with Gasteiger partial charge in [-0.05, 0) is 62.1 Å². The number of rotatable bonds is 11. The highest BCUT2D eigenvalue weighted by molar-refractivity contribution is 6.05. The van der Waals surface area contributed by atoms with Gasteiger partial charge in [0.05, 0.1) is 12.9 Å². The number of hydrogen-bond acceptors (Lipinski definition) is 4. The molecule has 0 saturated heterocycles. The molecule has 2 aromatic carbocycles. The number of carbonyl (C=O) groups excluding carboxylic acids is 2. The van der Waals surface area contributed by atoms with E-state index in [1.165, 1.54) is 12.3 Å². The molecule has 172 valence electrons. The number of furan rings is 1. The summed E-state index contributed by atoms with van der Waals surface area (Å²) in [5.41, 5.74) is 2.69. The monoisotopic (exact) mass is 446 g/mol. The Bertz CT molecular complexity index is 1090. The Labute approximate surface area is 194 Å². The zero-order valence-corrected chi connectivity index (χ0v) is 19.1. The smallest absolute Gasteiger partial charge is 0.267 e. The van der Waals surface area contributed by atoms with Gasteiger partial charge in [0.1, 0.15) is 17.2 Å². The molecule has 0 unspecified atom stereocenters. The van der Waals surface area contributed by atoms with Crippen molar-refractivity contribution in [3.8, 4) is 5.75 Å². The van der Waals surface area contributed by atoms with Crippen LogP contribution >= 0.6 is 0 Å². The van der Waals surface area contributed by atoms with Crippen molar-refractivity contribution in [2.24, 2.45) is 0 Å². The normalized spacial score (nSPS) is 11.2. The number of benzene rings is 2. The van der Waals surface area contributed by atoms with Crippen molar-refractivity contribution in [2.45, 2.75) is 33.1 Å². The molecule has 2 N–H and O–H groups in total. The van der Waals surface area contributed by atoms with Gasteiger partial charge in [-0.15, -0.1) is 0 Å². The van der Waals surface area contributed by atoms with Crippen LogP contribution in [0.4, 0.5) is 0 Å². The van der Waals surface area contributed by atoms with Gasteiger partial charge in [0.2, 0.25) is 0 Å². The quantitative estimate of drug-likeness (QED) is 0.324. The lowest BCUT2D eigenvalue weighted by Crippen LogP contribution is -2.35. The molecule has 3 rings (SSSR count). The van der Waals surface area contributed by atoms with E-state index in [4.69, 9.17) is 9.15 Å². The molecule has 6 nitrogen and oxygen atoms in total. The van der Waals surface area contributed by atoms with E-state index in [1.807, 2.05) is 43.3 Å². The van der Waals surface area contributed by atoms with Crippen LogP contribution in [-0.2, 0) is 11.2 Å². The predicted octanol–water partition coefficient (Wildman–Crippen LogP) is 4.90. The standard InChI is InChI=1S/C27H30N2O4/c1-3-16-33-25-14-5-4-10-21(25)12-7-15-28-27(31)24(19-23-13-8-17-32-23)29-26(30)22-11-6-9-20(2)18-22/h4-6,8-11,13-14,17-19H,3,7,12,15-16H2,1-2H3,(H,28,31)(H,29,30)/b24-19-. The van der Waals surface area contributed by atoms with Crippen LogP contribution < -0.4 is 15.4 Å². The highest BCUT2D eigenvalue weighted by atomic mass is 16.5. The van der Waals surface area contributed by atoms with E-state index in [1.54, 1.807) is 24.3 Å². The fourth-order valence-corrected chi connectivity index (χ4v) is 3.29. The molecule has 0 aliphatic carbocycles. The van der Waals surface area contributed by atoms with Crippen molar-refractivity contribution in [3.63, 3.8) is 0 Å². The molecule has 0 atom stereocenters. The second-order valence-electron chi connectivity index (χ2n) is 7.71. The Balaban J connectivity index is 1.61. The number of ether oxygens (including phenoxy) is 1. The third-order valence-corrected chi connectivity index (χ3v) is 4.95. The van der Waals surface area contributed by atoms with E-state index in [9.17, 15) is 9.59 Å². The van der Waals surface area contributed by atoms with E-state index in [0.717, 1.165) is 36.1 Å². The average Bonchev–Trinajstić information content (AvgIpc) is 3.33. The van der Waals surface area contributed by atoms with Crippen LogP contribution in [0.15, 0.2) is 77.0 Å². The van der Waals surface area contributed by atoms with Crippen molar-refractivity contribution in [3.05, 3.63) is 95.1 Å². The summed E-state index contributed by atoms with van der Waals surface area (Å²) in [5.74, 6) is 0.637. The minimum atomic E-state index is -0.372. The first-order valence-corrected chi connectivity index (χ1v) is 11.2. The van der Waals surface area contributed by atoms with E-state index < -0.39 is 0 Å². The maximum atomic E-state index is 12.9. The Morgan fingerprint density at radius 2 is 1.91 bits per heavy atom. The van der Waals surface area contributed by atoms with Crippen LogP contribution in [-0.4, -0.2) is 25.0 Å². The molecule has 0 fully saturated rings. The lowest BCUT2D eigenvalue weighted by molar-refractivity contribution is -0.117. The van der Waals surface area contributed by atoms with Crippen LogP contribution in [0.25, 0.3) is 6.08 Å². The molecule has 2 amide bonds. The number of carbonyl (C=O) groups is 2. The maximum Gasteiger partial charge on any atom is 0.267 e. The minimum Gasteiger partial charge on any atom is -0.493 e. The summed E-state index contributed by atoms with van der Waals surface area (Å²) in [5, 5.41) is 5.61. The summed E-state index contributed by atoms with van der Waals surface area (Å²) in [4.78, 5) is 25.6. The van der Waals surface area contributed by atoms with Crippen molar-refractivity contribution in [1.82, 2.24) is 10.6 Å². The number of hydrogen-bond donors (Lipinski definition) is 2. The van der Waals surface area contributed by atoms with Crippen molar-refractivity contribution < 1.29 is 18.7 Å². The molecule has 6 heteroatoms. The third-order valence-electron chi connectivity index (χ3n) is 4.95. The second-order valence-corrected chi connectivity index (χ2v) is 7.71. The van der Waals surface area contributed by atoms with Crippen molar-refractivity contribution >= 4 is 17.9 Å². The van der Waals surface area contributed by atoms with Crippen LogP contribution in [0.1, 0.15) is 47.0 Å². The summed E-state index contributed by atoms with van der Waals surface area (Å²) in [6, 6.07) is 18.6. The first-order valence-electron chi connectivity index (χ1n) is 11.2. The number of aryl methyl sites for hydroxylation is 2. The molecule has 0 bridgehead atoms. The molecule has 1 heterocycles. The Kier molecular flexibility index (Phi) is 8.88. The lowest BCUT2D eigenvalue weighted by atomic mass is 10.1. The molecule has 0 aliphatic heterocycles. The Morgan fingerprint density at radius 3 is 2.67 bits per heavy atom. The summed E-state index contributed by atoms with van der Waals surface area (Å²) in [6.07, 6.45) is 5.49.